The Morgan fingerprint density at radius 3 is 2.89 bits per heavy atom. The van der Waals surface area contributed by atoms with Gasteiger partial charge in [0, 0.05) is 19.2 Å². The summed E-state index contributed by atoms with van der Waals surface area (Å²) in [4.78, 5) is 16.4. The van der Waals surface area contributed by atoms with Gasteiger partial charge in [0.25, 0.3) is 0 Å². The van der Waals surface area contributed by atoms with E-state index in [9.17, 15) is 10.1 Å². The SMILES string of the molecule is CC1CCN(c2ccc([N+](=O)[O-])c(N)n2)CC1CN. The minimum Gasteiger partial charge on any atom is -0.378 e. The van der Waals surface area contributed by atoms with Crippen LogP contribution in [0.5, 0.6) is 0 Å². The number of nitro groups is 1. The number of pyridine rings is 1. The lowest BCUT2D eigenvalue weighted by molar-refractivity contribution is -0.384. The van der Waals surface area contributed by atoms with Crippen molar-refractivity contribution in [1.82, 2.24) is 4.98 Å². The second kappa shape index (κ2) is 5.40. The molecule has 1 aromatic heterocycles. The zero-order chi connectivity index (χ0) is 14.0. The molecule has 104 valence electrons. The summed E-state index contributed by atoms with van der Waals surface area (Å²) in [5, 5.41) is 10.7. The average Bonchev–Trinajstić information content (AvgIpc) is 2.38. The van der Waals surface area contributed by atoms with E-state index in [0.717, 1.165) is 19.5 Å². The van der Waals surface area contributed by atoms with Gasteiger partial charge in [0.1, 0.15) is 5.82 Å². The Morgan fingerprint density at radius 1 is 1.58 bits per heavy atom. The smallest absolute Gasteiger partial charge is 0.311 e. The first-order chi connectivity index (χ1) is 9.02. The number of hydrogen-bond acceptors (Lipinski definition) is 6. The van der Waals surface area contributed by atoms with Gasteiger partial charge in [0.2, 0.25) is 5.82 Å². The fourth-order valence-electron chi connectivity index (χ4n) is 2.45. The monoisotopic (exact) mass is 265 g/mol. The van der Waals surface area contributed by atoms with Crippen LogP contribution in [0.25, 0.3) is 0 Å². The van der Waals surface area contributed by atoms with Gasteiger partial charge in [-0.15, -0.1) is 0 Å². The Balaban J connectivity index is 2.18. The number of anilines is 2. The minimum atomic E-state index is -0.521. The number of nitrogens with two attached hydrogens (primary N) is 2. The Labute approximate surface area is 111 Å². The predicted octanol–water partition coefficient (Wildman–Crippen LogP) is 0.993. The van der Waals surface area contributed by atoms with Crippen LogP contribution < -0.4 is 16.4 Å². The third kappa shape index (κ3) is 2.76. The van der Waals surface area contributed by atoms with Gasteiger partial charge in [-0.2, -0.15) is 0 Å². The highest BCUT2D eigenvalue weighted by molar-refractivity contribution is 5.58. The van der Waals surface area contributed by atoms with Gasteiger partial charge in [-0.25, -0.2) is 4.98 Å². The van der Waals surface area contributed by atoms with E-state index in [1.807, 2.05) is 0 Å². The van der Waals surface area contributed by atoms with E-state index < -0.39 is 4.92 Å². The van der Waals surface area contributed by atoms with Crippen LogP contribution in [0.4, 0.5) is 17.3 Å². The lowest BCUT2D eigenvalue weighted by Crippen LogP contribution is -2.43. The van der Waals surface area contributed by atoms with Crippen molar-refractivity contribution >= 4 is 17.3 Å². The lowest BCUT2D eigenvalue weighted by Gasteiger charge is -2.37. The van der Waals surface area contributed by atoms with E-state index >= 15 is 0 Å². The molecule has 19 heavy (non-hydrogen) atoms. The van der Waals surface area contributed by atoms with Crippen LogP contribution in [0.1, 0.15) is 13.3 Å². The first-order valence-corrected chi connectivity index (χ1v) is 6.39. The van der Waals surface area contributed by atoms with E-state index in [2.05, 4.69) is 16.8 Å². The number of piperidine rings is 1. The summed E-state index contributed by atoms with van der Waals surface area (Å²) < 4.78 is 0. The molecule has 0 amide bonds. The van der Waals surface area contributed by atoms with Crippen LogP contribution in [0.3, 0.4) is 0 Å². The highest BCUT2D eigenvalue weighted by Crippen LogP contribution is 2.28. The van der Waals surface area contributed by atoms with Gasteiger partial charge < -0.3 is 16.4 Å². The van der Waals surface area contributed by atoms with Gasteiger partial charge in [0.05, 0.1) is 4.92 Å². The molecular weight excluding hydrogens is 246 g/mol. The molecule has 0 aliphatic carbocycles. The fourth-order valence-corrected chi connectivity index (χ4v) is 2.45. The van der Waals surface area contributed by atoms with Crippen molar-refractivity contribution in [2.24, 2.45) is 17.6 Å². The van der Waals surface area contributed by atoms with Gasteiger partial charge >= 0.3 is 5.69 Å². The van der Waals surface area contributed by atoms with Crippen molar-refractivity contribution in [3.05, 3.63) is 22.2 Å². The van der Waals surface area contributed by atoms with E-state index in [1.165, 1.54) is 6.07 Å². The molecule has 0 bridgehead atoms. The van der Waals surface area contributed by atoms with Gasteiger partial charge in [-0.05, 0) is 30.9 Å². The molecule has 7 heteroatoms. The molecule has 0 saturated carbocycles. The zero-order valence-corrected chi connectivity index (χ0v) is 11.0. The van der Waals surface area contributed by atoms with Crippen molar-refractivity contribution < 1.29 is 4.92 Å². The summed E-state index contributed by atoms with van der Waals surface area (Å²) >= 11 is 0. The van der Waals surface area contributed by atoms with E-state index in [1.54, 1.807) is 6.07 Å². The fraction of sp³-hybridized carbons (Fsp3) is 0.583. The molecule has 4 N–H and O–H groups in total. The Kier molecular flexibility index (Phi) is 3.84. The molecule has 1 aromatic rings. The average molecular weight is 265 g/mol. The van der Waals surface area contributed by atoms with Crippen molar-refractivity contribution in [2.45, 2.75) is 13.3 Å². The molecule has 2 heterocycles. The summed E-state index contributed by atoms with van der Waals surface area (Å²) in [5.74, 6) is 1.67. The maximum atomic E-state index is 10.7. The maximum Gasteiger partial charge on any atom is 0.311 e. The first kappa shape index (κ1) is 13.5. The largest absolute Gasteiger partial charge is 0.378 e. The Morgan fingerprint density at radius 2 is 2.32 bits per heavy atom. The molecule has 0 aromatic carbocycles. The molecule has 0 radical (unpaired) electrons. The van der Waals surface area contributed by atoms with Crippen LogP contribution >= 0.6 is 0 Å². The van der Waals surface area contributed by atoms with E-state index in [4.69, 9.17) is 11.5 Å². The molecule has 2 rings (SSSR count). The zero-order valence-electron chi connectivity index (χ0n) is 11.0. The van der Waals surface area contributed by atoms with Crippen molar-refractivity contribution in [2.75, 3.05) is 30.3 Å². The molecule has 1 fully saturated rings. The van der Waals surface area contributed by atoms with Crippen LogP contribution in [0.2, 0.25) is 0 Å². The molecule has 2 atom stereocenters. The maximum absolute atomic E-state index is 10.7. The van der Waals surface area contributed by atoms with Crippen molar-refractivity contribution in [3.63, 3.8) is 0 Å². The highest BCUT2D eigenvalue weighted by Gasteiger charge is 2.26. The quantitative estimate of drug-likeness (QED) is 0.622. The van der Waals surface area contributed by atoms with Crippen molar-refractivity contribution in [3.8, 4) is 0 Å². The third-order valence-corrected chi connectivity index (χ3v) is 3.83. The summed E-state index contributed by atoms with van der Waals surface area (Å²) in [7, 11) is 0. The molecule has 1 aliphatic heterocycles. The summed E-state index contributed by atoms with van der Waals surface area (Å²) in [6.45, 7) is 4.54. The second-order valence-corrected chi connectivity index (χ2v) is 5.04. The van der Waals surface area contributed by atoms with Gasteiger partial charge in [0.15, 0.2) is 0 Å². The number of nitrogens with zero attached hydrogens (tertiary/aromatic N) is 3. The molecule has 1 aliphatic rings. The summed E-state index contributed by atoms with van der Waals surface area (Å²) in [5.41, 5.74) is 11.2. The number of rotatable bonds is 3. The van der Waals surface area contributed by atoms with E-state index in [-0.39, 0.29) is 11.5 Å². The van der Waals surface area contributed by atoms with Crippen LogP contribution in [-0.4, -0.2) is 29.5 Å². The van der Waals surface area contributed by atoms with Gasteiger partial charge in [-0.3, -0.25) is 10.1 Å². The molecule has 0 spiro atoms. The second-order valence-electron chi connectivity index (χ2n) is 5.04. The Hall–Kier alpha value is -1.89. The predicted molar refractivity (Wildman–Crippen MR) is 73.8 cm³/mol. The minimum absolute atomic E-state index is 0.0366. The van der Waals surface area contributed by atoms with Crippen LogP contribution in [-0.2, 0) is 0 Å². The lowest BCUT2D eigenvalue weighted by atomic mass is 9.87. The standard InChI is InChI=1S/C12H19N5O2/c1-8-4-5-16(7-9(8)6-13)11-3-2-10(17(18)19)12(14)15-11/h2-3,8-9H,4-7,13H2,1H3,(H2,14,15). The third-order valence-electron chi connectivity index (χ3n) is 3.83. The van der Waals surface area contributed by atoms with Crippen molar-refractivity contribution in [1.29, 1.82) is 0 Å². The summed E-state index contributed by atoms with van der Waals surface area (Å²) in [6, 6.07) is 3.06. The van der Waals surface area contributed by atoms with Gasteiger partial charge in [-0.1, -0.05) is 6.92 Å². The topological polar surface area (TPSA) is 111 Å². The number of nitrogen functional groups attached to an aromatic ring is 1. The summed E-state index contributed by atoms with van der Waals surface area (Å²) in [6.07, 6.45) is 1.04. The van der Waals surface area contributed by atoms with Crippen LogP contribution in [0, 0.1) is 22.0 Å². The molecule has 2 unspecified atom stereocenters. The number of hydrogen-bond donors (Lipinski definition) is 2. The highest BCUT2D eigenvalue weighted by atomic mass is 16.6. The Bertz CT molecular complexity index is 479. The first-order valence-electron chi connectivity index (χ1n) is 6.39. The number of aromatic nitrogens is 1. The van der Waals surface area contributed by atoms with E-state index in [0.29, 0.717) is 24.2 Å². The molecular formula is C12H19N5O2. The van der Waals surface area contributed by atoms with Crippen LogP contribution in [0.15, 0.2) is 12.1 Å². The normalized spacial score (nSPS) is 23.4. The molecule has 1 saturated heterocycles. The molecule has 7 nitrogen and oxygen atoms in total.